The minimum atomic E-state index is -0.449. The van der Waals surface area contributed by atoms with Crippen LogP contribution in [0.1, 0.15) is 44.1 Å². The second-order valence-corrected chi connectivity index (χ2v) is 6.23. The molecule has 1 saturated carbocycles. The van der Waals surface area contributed by atoms with Gasteiger partial charge in [0.15, 0.2) is 0 Å². The number of benzene rings is 1. The lowest BCUT2D eigenvalue weighted by atomic mass is 9.85. The average molecular weight is 295 g/mol. The number of carbonyl (C=O) groups excluding carboxylic acids is 1. The van der Waals surface area contributed by atoms with E-state index in [4.69, 9.17) is 17.3 Å². The van der Waals surface area contributed by atoms with Crippen LogP contribution < -0.4 is 11.1 Å². The van der Waals surface area contributed by atoms with Crippen LogP contribution in [0.3, 0.4) is 0 Å². The summed E-state index contributed by atoms with van der Waals surface area (Å²) in [5, 5.41) is 3.39. The van der Waals surface area contributed by atoms with E-state index in [1.54, 1.807) is 0 Å². The van der Waals surface area contributed by atoms with Crippen LogP contribution in [0.25, 0.3) is 0 Å². The van der Waals surface area contributed by atoms with E-state index in [0.29, 0.717) is 16.6 Å². The van der Waals surface area contributed by atoms with Crippen molar-refractivity contribution in [3.05, 3.63) is 28.8 Å². The number of anilines is 1. The molecular weight excluding hydrogens is 272 g/mol. The first-order valence-corrected chi connectivity index (χ1v) is 7.76. The van der Waals surface area contributed by atoms with E-state index in [0.717, 1.165) is 12.0 Å². The Hall–Kier alpha value is -1.06. The Morgan fingerprint density at radius 2 is 2.10 bits per heavy atom. The zero-order chi connectivity index (χ0) is 14.5. The third-order valence-electron chi connectivity index (χ3n) is 4.03. The van der Waals surface area contributed by atoms with Gasteiger partial charge < -0.3 is 11.1 Å². The normalized spacial score (nSPS) is 17.8. The van der Waals surface area contributed by atoms with Gasteiger partial charge in [-0.15, -0.1) is 0 Å². The highest BCUT2D eigenvalue weighted by Gasteiger charge is 2.21. The lowest BCUT2D eigenvalue weighted by Gasteiger charge is -2.24. The van der Waals surface area contributed by atoms with Crippen LogP contribution in [-0.2, 0) is 4.79 Å². The molecule has 1 atom stereocenters. The maximum Gasteiger partial charge on any atom is 0.241 e. The van der Waals surface area contributed by atoms with Crippen molar-refractivity contribution >= 4 is 23.2 Å². The Morgan fingerprint density at radius 1 is 1.40 bits per heavy atom. The number of nitrogens with one attached hydrogen (secondary N) is 1. The zero-order valence-corrected chi connectivity index (χ0v) is 12.7. The fraction of sp³-hybridized carbons (Fsp3) is 0.562. The molecule has 1 aliphatic rings. The molecule has 2 rings (SSSR count). The highest BCUT2D eigenvalue weighted by molar-refractivity contribution is 6.33. The summed E-state index contributed by atoms with van der Waals surface area (Å²) in [5.74, 6) is 0.458. The van der Waals surface area contributed by atoms with E-state index in [1.807, 2.05) is 25.1 Å². The van der Waals surface area contributed by atoms with Gasteiger partial charge in [-0.1, -0.05) is 49.8 Å². The predicted octanol–water partition coefficient (Wildman–Crippen LogP) is 3.88. The number of carbonyl (C=O) groups is 1. The van der Waals surface area contributed by atoms with Crippen LogP contribution in [-0.4, -0.2) is 11.9 Å². The zero-order valence-electron chi connectivity index (χ0n) is 12.0. The fourth-order valence-corrected chi connectivity index (χ4v) is 3.12. The summed E-state index contributed by atoms with van der Waals surface area (Å²) >= 11 is 6.11. The van der Waals surface area contributed by atoms with E-state index in [1.165, 1.54) is 32.1 Å². The minimum absolute atomic E-state index is 0.138. The Morgan fingerprint density at radius 3 is 2.75 bits per heavy atom. The molecule has 20 heavy (non-hydrogen) atoms. The van der Waals surface area contributed by atoms with Crippen molar-refractivity contribution in [2.45, 2.75) is 51.5 Å². The molecule has 4 heteroatoms. The summed E-state index contributed by atoms with van der Waals surface area (Å²) in [4.78, 5) is 12.1. The highest BCUT2D eigenvalue weighted by atomic mass is 35.5. The van der Waals surface area contributed by atoms with Gasteiger partial charge in [-0.25, -0.2) is 0 Å². The van der Waals surface area contributed by atoms with Crippen molar-refractivity contribution in [2.75, 3.05) is 5.32 Å². The van der Waals surface area contributed by atoms with Gasteiger partial charge in [0.25, 0.3) is 0 Å². The predicted molar refractivity (Wildman–Crippen MR) is 84.0 cm³/mol. The average Bonchev–Trinajstić information content (AvgIpc) is 2.43. The number of aryl methyl sites for hydroxylation is 1. The van der Waals surface area contributed by atoms with Crippen molar-refractivity contribution in [2.24, 2.45) is 11.7 Å². The number of amides is 1. The molecule has 0 aromatic heterocycles. The summed E-state index contributed by atoms with van der Waals surface area (Å²) in [7, 11) is 0. The van der Waals surface area contributed by atoms with E-state index in [9.17, 15) is 4.79 Å². The van der Waals surface area contributed by atoms with Crippen LogP contribution in [0.5, 0.6) is 0 Å². The summed E-state index contributed by atoms with van der Waals surface area (Å²) < 4.78 is 0. The lowest BCUT2D eigenvalue weighted by Crippen LogP contribution is -2.37. The van der Waals surface area contributed by atoms with Gasteiger partial charge in [-0.05, 0) is 37.0 Å². The molecule has 0 heterocycles. The molecule has 3 N–H and O–H groups in total. The third-order valence-corrected chi connectivity index (χ3v) is 4.34. The van der Waals surface area contributed by atoms with Gasteiger partial charge in [0.2, 0.25) is 5.91 Å². The number of nitrogens with two attached hydrogens (primary N) is 1. The van der Waals surface area contributed by atoms with Gasteiger partial charge in [0.05, 0.1) is 16.8 Å². The van der Waals surface area contributed by atoms with E-state index < -0.39 is 6.04 Å². The van der Waals surface area contributed by atoms with E-state index in [-0.39, 0.29) is 5.91 Å². The molecule has 3 nitrogen and oxygen atoms in total. The summed E-state index contributed by atoms with van der Waals surface area (Å²) in [5.41, 5.74) is 7.73. The molecule has 0 spiro atoms. The van der Waals surface area contributed by atoms with Crippen LogP contribution in [0.2, 0.25) is 5.02 Å². The minimum Gasteiger partial charge on any atom is -0.323 e. The monoisotopic (exact) mass is 294 g/mol. The smallest absolute Gasteiger partial charge is 0.241 e. The SMILES string of the molecule is Cc1ccc(NC(=O)C(N)CC2CCCCC2)c(Cl)c1. The first kappa shape index (κ1) is 15.3. The second kappa shape index (κ2) is 7.09. The second-order valence-electron chi connectivity index (χ2n) is 5.82. The summed E-state index contributed by atoms with van der Waals surface area (Å²) in [6.45, 7) is 1.96. The van der Waals surface area contributed by atoms with Gasteiger partial charge in [0, 0.05) is 0 Å². The molecule has 1 aromatic rings. The van der Waals surface area contributed by atoms with Crippen molar-refractivity contribution in [3.63, 3.8) is 0 Å². The summed E-state index contributed by atoms with van der Waals surface area (Å²) in [6, 6.07) is 5.14. The Bertz CT molecular complexity index is 470. The van der Waals surface area contributed by atoms with Crippen LogP contribution in [0.4, 0.5) is 5.69 Å². The Kier molecular flexibility index (Phi) is 5.44. The lowest BCUT2D eigenvalue weighted by molar-refractivity contribution is -0.117. The van der Waals surface area contributed by atoms with E-state index in [2.05, 4.69) is 5.32 Å². The number of rotatable bonds is 4. The third kappa shape index (κ3) is 4.22. The van der Waals surface area contributed by atoms with Crippen LogP contribution in [0.15, 0.2) is 18.2 Å². The molecule has 0 bridgehead atoms. The summed E-state index contributed by atoms with van der Waals surface area (Å²) in [6.07, 6.45) is 7.02. The molecule has 0 radical (unpaired) electrons. The van der Waals surface area contributed by atoms with E-state index >= 15 is 0 Å². The van der Waals surface area contributed by atoms with Gasteiger partial charge in [-0.2, -0.15) is 0 Å². The molecule has 1 fully saturated rings. The maximum absolute atomic E-state index is 12.1. The first-order chi connectivity index (χ1) is 9.56. The van der Waals surface area contributed by atoms with Crippen LogP contribution in [0, 0.1) is 12.8 Å². The van der Waals surface area contributed by atoms with Crippen molar-refractivity contribution < 1.29 is 4.79 Å². The largest absolute Gasteiger partial charge is 0.323 e. The standard InChI is InChI=1S/C16H23ClN2O/c1-11-7-8-15(13(17)9-11)19-16(20)14(18)10-12-5-3-2-4-6-12/h7-9,12,14H,2-6,10,18H2,1H3,(H,19,20). The molecule has 1 aromatic carbocycles. The van der Waals surface area contributed by atoms with Gasteiger partial charge in [0.1, 0.15) is 0 Å². The first-order valence-electron chi connectivity index (χ1n) is 7.39. The topological polar surface area (TPSA) is 55.1 Å². The molecule has 1 amide bonds. The quantitative estimate of drug-likeness (QED) is 0.885. The van der Waals surface area contributed by atoms with Gasteiger partial charge >= 0.3 is 0 Å². The molecule has 0 aliphatic heterocycles. The molecule has 1 unspecified atom stereocenters. The molecule has 110 valence electrons. The highest BCUT2D eigenvalue weighted by Crippen LogP contribution is 2.28. The fourth-order valence-electron chi connectivity index (χ4n) is 2.84. The Balaban J connectivity index is 1.89. The van der Waals surface area contributed by atoms with Crippen LogP contribution >= 0.6 is 11.6 Å². The Labute approximate surface area is 125 Å². The number of halogens is 1. The number of hydrogen-bond acceptors (Lipinski definition) is 2. The van der Waals surface area contributed by atoms with Gasteiger partial charge in [-0.3, -0.25) is 4.79 Å². The molecule has 0 saturated heterocycles. The van der Waals surface area contributed by atoms with Crippen molar-refractivity contribution in [3.8, 4) is 0 Å². The molecule has 1 aliphatic carbocycles. The van der Waals surface area contributed by atoms with Crippen molar-refractivity contribution in [1.29, 1.82) is 0 Å². The molecular formula is C16H23ClN2O. The van der Waals surface area contributed by atoms with Crippen molar-refractivity contribution in [1.82, 2.24) is 0 Å². The number of hydrogen-bond donors (Lipinski definition) is 2. The maximum atomic E-state index is 12.1.